The number of hydrogen-bond acceptors (Lipinski definition) is 4. The van der Waals surface area contributed by atoms with Crippen molar-refractivity contribution in [1.29, 1.82) is 0 Å². The molecule has 27 heavy (non-hydrogen) atoms. The third-order valence-electron chi connectivity index (χ3n) is 4.85. The molecule has 1 atom stereocenters. The van der Waals surface area contributed by atoms with Crippen molar-refractivity contribution in [3.05, 3.63) is 53.9 Å². The largest absolute Gasteiger partial charge is 0.497 e. The van der Waals surface area contributed by atoms with Crippen molar-refractivity contribution in [2.45, 2.75) is 19.0 Å². The lowest BCUT2D eigenvalue weighted by atomic mass is 10.0. The molecular formula is C20H23N5O2. The normalized spacial score (nSPS) is 16.7. The molecule has 2 heterocycles. The zero-order valence-corrected chi connectivity index (χ0v) is 15.5. The summed E-state index contributed by atoms with van der Waals surface area (Å²) in [6.07, 6.45) is 0.847. The maximum Gasteiger partial charge on any atom is 0.189 e. The van der Waals surface area contributed by atoms with Gasteiger partial charge in [0.05, 0.1) is 30.8 Å². The summed E-state index contributed by atoms with van der Waals surface area (Å²) in [4.78, 5) is 9.14. The molecule has 0 spiro atoms. The van der Waals surface area contributed by atoms with Crippen LogP contribution in [0.15, 0.2) is 47.5 Å². The number of imidazole rings is 1. The average Bonchev–Trinajstić information content (AvgIpc) is 3.01. The molecule has 0 bridgehead atoms. The first-order chi connectivity index (χ1) is 13.2. The second-order valence-corrected chi connectivity index (χ2v) is 6.52. The minimum absolute atomic E-state index is 0.100. The first-order valence-corrected chi connectivity index (χ1v) is 8.93. The van der Waals surface area contributed by atoms with Gasteiger partial charge in [-0.05, 0) is 18.2 Å². The number of ether oxygens (including phenoxy) is 2. The first-order valence-electron chi connectivity index (χ1n) is 8.93. The SMILES string of the molecule is COc1ccc2c(c1)nc(CN=C(N)NC1CCOc3ccccc31)n2C. The number of para-hydroxylation sites is 1. The lowest BCUT2D eigenvalue weighted by molar-refractivity contribution is 0.262. The van der Waals surface area contributed by atoms with Crippen molar-refractivity contribution in [2.24, 2.45) is 17.8 Å². The van der Waals surface area contributed by atoms with E-state index in [2.05, 4.69) is 21.4 Å². The van der Waals surface area contributed by atoms with Crippen molar-refractivity contribution in [3.63, 3.8) is 0 Å². The van der Waals surface area contributed by atoms with Gasteiger partial charge in [0.25, 0.3) is 0 Å². The summed E-state index contributed by atoms with van der Waals surface area (Å²) in [7, 11) is 3.63. The first kappa shape index (κ1) is 17.2. The van der Waals surface area contributed by atoms with Gasteiger partial charge in [0.1, 0.15) is 23.9 Å². The van der Waals surface area contributed by atoms with E-state index < -0.39 is 0 Å². The minimum atomic E-state index is 0.100. The Morgan fingerprint density at radius 3 is 3.07 bits per heavy atom. The predicted octanol–water partition coefficient (Wildman–Crippen LogP) is 2.51. The van der Waals surface area contributed by atoms with Gasteiger partial charge in [-0.25, -0.2) is 9.98 Å². The van der Waals surface area contributed by atoms with E-state index in [1.807, 2.05) is 48.0 Å². The number of hydrogen-bond donors (Lipinski definition) is 2. The number of nitrogens with one attached hydrogen (secondary N) is 1. The van der Waals surface area contributed by atoms with Crippen molar-refractivity contribution >= 4 is 17.0 Å². The monoisotopic (exact) mass is 365 g/mol. The molecule has 0 radical (unpaired) electrons. The van der Waals surface area contributed by atoms with E-state index in [0.29, 0.717) is 19.1 Å². The van der Waals surface area contributed by atoms with E-state index in [0.717, 1.165) is 40.3 Å². The lowest BCUT2D eigenvalue weighted by Gasteiger charge is -2.26. The van der Waals surface area contributed by atoms with E-state index in [9.17, 15) is 0 Å². The maximum atomic E-state index is 6.14. The van der Waals surface area contributed by atoms with Gasteiger partial charge in [-0.2, -0.15) is 0 Å². The predicted molar refractivity (Wildman–Crippen MR) is 105 cm³/mol. The van der Waals surface area contributed by atoms with Crippen LogP contribution in [0.3, 0.4) is 0 Å². The van der Waals surface area contributed by atoms with Crippen LogP contribution in [0, 0.1) is 0 Å². The quantitative estimate of drug-likeness (QED) is 0.548. The Kier molecular flexibility index (Phi) is 4.58. The average molecular weight is 365 g/mol. The van der Waals surface area contributed by atoms with E-state index >= 15 is 0 Å². The molecule has 4 rings (SSSR count). The highest BCUT2D eigenvalue weighted by Crippen LogP contribution is 2.31. The second kappa shape index (κ2) is 7.19. The van der Waals surface area contributed by atoms with Crippen LogP contribution in [-0.2, 0) is 13.6 Å². The van der Waals surface area contributed by atoms with Gasteiger partial charge in [-0.1, -0.05) is 18.2 Å². The number of guanidine groups is 1. The zero-order valence-electron chi connectivity index (χ0n) is 15.5. The molecule has 0 aliphatic carbocycles. The van der Waals surface area contributed by atoms with Gasteiger partial charge in [0.15, 0.2) is 5.96 Å². The molecule has 3 aromatic rings. The minimum Gasteiger partial charge on any atom is -0.497 e. The maximum absolute atomic E-state index is 6.14. The lowest BCUT2D eigenvalue weighted by Crippen LogP contribution is -2.37. The van der Waals surface area contributed by atoms with Crippen molar-refractivity contribution in [3.8, 4) is 11.5 Å². The second-order valence-electron chi connectivity index (χ2n) is 6.52. The highest BCUT2D eigenvalue weighted by molar-refractivity contribution is 5.79. The fourth-order valence-corrected chi connectivity index (χ4v) is 3.37. The number of aliphatic imine (C=N–C) groups is 1. The van der Waals surface area contributed by atoms with Crippen LogP contribution in [0.1, 0.15) is 23.9 Å². The molecule has 140 valence electrons. The fourth-order valence-electron chi connectivity index (χ4n) is 3.37. The molecule has 0 amide bonds. The number of nitrogens with two attached hydrogens (primary N) is 1. The van der Waals surface area contributed by atoms with Gasteiger partial charge in [-0.3, -0.25) is 0 Å². The van der Waals surface area contributed by atoms with E-state index in [1.54, 1.807) is 7.11 Å². The summed E-state index contributed by atoms with van der Waals surface area (Å²) >= 11 is 0. The van der Waals surface area contributed by atoms with Crippen LogP contribution in [0.4, 0.5) is 0 Å². The highest BCUT2D eigenvalue weighted by Gasteiger charge is 2.21. The third-order valence-corrected chi connectivity index (χ3v) is 4.85. The van der Waals surface area contributed by atoms with Gasteiger partial charge >= 0.3 is 0 Å². The third kappa shape index (κ3) is 3.40. The Bertz CT molecular complexity index is 995. The molecule has 0 saturated carbocycles. The Labute approximate surface area is 157 Å². The van der Waals surface area contributed by atoms with Gasteiger partial charge in [0, 0.05) is 25.1 Å². The van der Waals surface area contributed by atoms with E-state index in [4.69, 9.17) is 15.2 Å². The fraction of sp³-hybridized carbons (Fsp3) is 0.300. The standard InChI is InChI=1S/C20H23N5O2/c1-25-17-8-7-13(26-2)11-16(17)23-19(25)12-22-20(21)24-15-9-10-27-18-6-4-3-5-14(15)18/h3-8,11,15H,9-10,12H2,1-2H3,(H3,21,22,24). The number of fused-ring (bicyclic) bond motifs is 2. The molecule has 0 fully saturated rings. The molecule has 0 saturated heterocycles. The number of benzene rings is 2. The van der Waals surface area contributed by atoms with Crippen LogP contribution in [0.25, 0.3) is 11.0 Å². The summed E-state index contributed by atoms with van der Waals surface area (Å²) in [6.45, 7) is 1.06. The van der Waals surface area contributed by atoms with Crippen molar-refractivity contribution < 1.29 is 9.47 Å². The van der Waals surface area contributed by atoms with Crippen LogP contribution >= 0.6 is 0 Å². The van der Waals surface area contributed by atoms with Crippen LogP contribution in [-0.4, -0.2) is 29.2 Å². The highest BCUT2D eigenvalue weighted by atomic mass is 16.5. The Morgan fingerprint density at radius 1 is 1.37 bits per heavy atom. The van der Waals surface area contributed by atoms with Crippen LogP contribution in [0.5, 0.6) is 11.5 Å². The molecule has 1 unspecified atom stereocenters. The van der Waals surface area contributed by atoms with Gasteiger partial charge in [0.2, 0.25) is 0 Å². The van der Waals surface area contributed by atoms with Crippen LogP contribution < -0.4 is 20.5 Å². The molecule has 1 aromatic heterocycles. The summed E-state index contributed by atoms with van der Waals surface area (Å²) < 4.78 is 13.0. The molecule has 1 aliphatic heterocycles. The number of rotatable bonds is 4. The van der Waals surface area contributed by atoms with Gasteiger partial charge in [-0.15, -0.1) is 0 Å². The Hall–Kier alpha value is -3.22. The molecule has 7 nitrogen and oxygen atoms in total. The van der Waals surface area contributed by atoms with Crippen molar-refractivity contribution in [1.82, 2.24) is 14.9 Å². The summed E-state index contributed by atoms with van der Waals surface area (Å²) in [5, 5.41) is 3.31. The number of aromatic nitrogens is 2. The summed E-state index contributed by atoms with van der Waals surface area (Å²) in [6, 6.07) is 13.9. The number of nitrogens with zero attached hydrogens (tertiary/aromatic N) is 3. The number of methoxy groups -OCH3 is 1. The smallest absolute Gasteiger partial charge is 0.189 e. The number of aryl methyl sites for hydroxylation is 1. The molecule has 1 aliphatic rings. The molecular weight excluding hydrogens is 342 g/mol. The van der Waals surface area contributed by atoms with E-state index in [-0.39, 0.29) is 6.04 Å². The Balaban J connectivity index is 1.50. The Morgan fingerprint density at radius 2 is 2.22 bits per heavy atom. The molecule has 3 N–H and O–H groups in total. The van der Waals surface area contributed by atoms with Crippen molar-refractivity contribution in [2.75, 3.05) is 13.7 Å². The molecule has 2 aromatic carbocycles. The van der Waals surface area contributed by atoms with Gasteiger partial charge < -0.3 is 25.1 Å². The summed E-state index contributed by atoms with van der Waals surface area (Å²) in [5.74, 6) is 2.94. The topological polar surface area (TPSA) is 86.7 Å². The zero-order chi connectivity index (χ0) is 18.8. The van der Waals surface area contributed by atoms with Crippen LogP contribution in [0.2, 0.25) is 0 Å². The van der Waals surface area contributed by atoms with E-state index in [1.165, 1.54) is 0 Å². The summed E-state index contributed by atoms with van der Waals surface area (Å²) in [5.41, 5.74) is 9.16. The molecule has 7 heteroatoms.